The van der Waals surface area contributed by atoms with Crippen molar-refractivity contribution in [3.63, 3.8) is 0 Å². The monoisotopic (exact) mass is 646 g/mol. The first-order valence-corrected chi connectivity index (χ1v) is 14.3. The molecule has 0 heterocycles. The Morgan fingerprint density at radius 2 is 1.08 bits per heavy atom. The highest BCUT2D eigenvalue weighted by Gasteiger charge is 2.19. The van der Waals surface area contributed by atoms with Gasteiger partial charge in [0.25, 0.3) is 0 Å². The number of anilines is 1. The summed E-state index contributed by atoms with van der Waals surface area (Å²) in [6.45, 7) is 0. The van der Waals surface area contributed by atoms with Crippen LogP contribution >= 0.6 is 0 Å². The van der Waals surface area contributed by atoms with Crippen LogP contribution in [0.1, 0.15) is 0 Å². The molecule has 4 aromatic rings. The number of azo groups is 3. The highest BCUT2D eigenvalue weighted by atomic mass is 16.5. The highest BCUT2D eigenvalue weighted by Crippen LogP contribution is 2.35. The number of nitrogens with zero attached hydrogens (tertiary/aromatic N) is 7. The van der Waals surface area contributed by atoms with Crippen molar-refractivity contribution in [1.29, 1.82) is 0 Å². The molecule has 0 saturated carbocycles. The number of allylic oxidation sites excluding steroid dienone is 2. The normalized spacial score (nSPS) is 14.0. The number of hydrazone groups is 1. The van der Waals surface area contributed by atoms with Gasteiger partial charge in [-0.05, 0) is 48.5 Å². The van der Waals surface area contributed by atoms with Crippen molar-refractivity contribution in [3.8, 4) is 23.0 Å². The second-order valence-electron chi connectivity index (χ2n) is 9.72. The van der Waals surface area contributed by atoms with E-state index >= 15 is 0 Å². The van der Waals surface area contributed by atoms with Gasteiger partial charge in [-0.15, -0.1) is 20.5 Å². The first-order chi connectivity index (χ1) is 23.4. The summed E-state index contributed by atoms with van der Waals surface area (Å²) < 4.78 is 21.6. The van der Waals surface area contributed by atoms with Gasteiger partial charge in [0, 0.05) is 24.3 Å². The number of para-hydroxylation sites is 2. The van der Waals surface area contributed by atoms with E-state index in [4.69, 9.17) is 18.9 Å². The molecule has 0 bridgehead atoms. The number of methoxy groups -OCH3 is 4. The minimum Gasteiger partial charge on any atom is -0.505 e. The number of nitrogens with one attached hydrogen (secondary N) is 1. The summed E-state index contributed by atoms with van der Waals surface area (Å²) in [7, 11) is 6.09. The third-order valence-electron chi connectivity index (χ3n) is 6.68. The summed E-state index contributed by atoms with van der Waals surface area (Å²) in [6, 6.07) is 24.5. The number of ether oxygens (including phenoxy) is 4. The summed E-state index contributed by atoms with van der Waals surface area (Å²) in [5.41, 5.74) is 5.77. The van der Waals surface area contributed by atoms with Crippen LogP contribution in [0.3, 0.4) is 0 Å². The molecule has 14 heteroatoms. The highest BCUT2D eigenvalue weighted by molar-refractivity contribution is 6.49. The predicted octanol–water partition coefficient (Wildman–Crippen LogP) is 9.01. The van der Waals surface area contributed by atoms with E-state index in [0.717, 1.165) is 6.08 Å². The molecule has 0 fully saturated rings. The fourth-order valence-corrected chi connectivity index (χ4v) is 4.24. The van der Waals surface area contributed by atoms with E-state index in [1.807, 2.05) is 24.3 Å². The van der Waals surface area contributed by atoms with Gasteiger partial charge in [-0.3, -0.25) is 10.2 Å². The zero-order valence-electron chi connectivity index (χ0n) is 26.4. The van der Waals surface area contributed by atoms with Crippen LogP contribution in [0, 0.1) is 0 Å². The Bertz CT molecular complexity index is 2000. The molecule has 48 heavy (non-hydrogen) atoms. The lowest BCUT2D eigenvalue weighted by molar-refractivity contribution is -0.109. The van der Waals surface area contributed by atoms with Crippen LogP contribution in [0.15, 0.2) is 144 Å². The van der Waals surface area contributed by atoms with E-state index < -0.39 is 5.78 Å². The molecule has 14 nitrogen and oxygen atoms in total. The Kier molecular flexibility index (Phi) is 10.6. The van der Waals surface area contributed by atoms with Gasteiger partial charge in [-0.25, -0.2) is 0 Å². The van der Waals surface area contributed by atoms with Crippen LogP contribution in [0.25, 0.3) is 0 Å². The summed E-state index contributed by atoms with van der Waals surface area (Å²) in [4.78, 5) is 12.6. The number of rotatable bonds is 12. The number of hydrogen-bond donors (Lipinski definition) is 2. The first kappa shape index (κ1) is 32.7. The van der Waals surface area contributed by atoms with E-state index in [2.05, 4.69) is 41.2 Å². The van der Waals surface area contributed by atoms with Crippen molar-refractivity contribution >= 4 is 45.6 Å². The molecule has 0 saturated heterocycles. The Morgan fingerprint density at radius 3 is 1.69 bits per heavy atom. The molecule has 0 aliphatic heterocycles. The predicted molar refractivity (Wildman–Crippen MR) is 180 cm³/mol. The standard InChI is InChI=1S/C34H30N8O6/c1-45-31-11-7-5-9-23(31)37-35-21-13-15-25(33(17-21)47-3)39-41-27-19-28(30(44)20-29(27)43)42-40-26-16-14-22(18-34(26)48-4)36-38-24-10-6-8-12-32(24)46-2/h5-20,39,44H,1-4H3/b37-35?,38-36?,41-27-,42-40?. The summed E-state index contributed by atoms with van der Waals surface area (Å²) in [6.07, 6.45) is 2.31. The van der Waals surface area contributed by atoms with Crippen LogP contribution in [-0.4, -0.2) is 45.0 Å². The number of ketones is 1. The second-order valence-corrected chi connectivity index (χ2v) is 9.72. The molecular weight excluding hydrogens is 616 g/mol. The van der Waals surface area contributed by atoms with Crippen LogP contribution in [0.4, 0.5) is 34.1 Å². The van der Waals surface area contributed by atoms with Gasteiger partial charge < -0.3 is 24.1 Å². The maximum atomic E-state index is 12.6. The van der Waals surface area contributed by atoms with Crippen molar-refractivity contribution in [1.82, 2.24) is 0 Å². The minimum atomic E-state index is -0.539. The van der Waals surface area contributed by atoms with E-state index in [9.17, 15) is 9.90 Å². The van der Waals surface area contributed by atoms with Crippen molar-refractivity contribution in [3.05, 3.63) is 109 Å². The Hall–Kier alpha value is -6.70. The smallest absolute Gasteiger partial charge is 0.209 e. The van der Waals surface area contributed by atoms with Crippen molar-refractivity contribution in [2.75, 3.05) is 33.9 Å². The number of benzene rings is 4. The molecule has 0 atom stereocenters. The number of carbonyl (C=O) groups is 1. The number of aliphatic hydroxyl groups excluding tert-OH is 1. The Balaban J connectivity index is 1.32. The van der Waals surface area contributed by atoms with Crippen molar-refractivity contribution in [2.45, 2.75) is 0 Å². The molecule has 5 rings (SSSR count). The van der Waals surface area contributed by atoms with Crippen molar-refractivity contribution in [2.24, 2.45) is 35.8 Å². The molecule has 0 amide bonds. The topological polar surface area (TPSA) is 173 Å². The van der Waals surface area contributed by atoms with Gasteiger partial charge >= 0.3 is 0 Å². The maximum absolute atomic E-state index is 12.6. The SMILES string of the molecule is COc1cc(N=Nc2ccccc2OC)ccc1N=NC1=C/C(=N/Nc2ccc(N=Nc3ccccc3OC)cc2OC)C(=O)C=C1O. The molecule has 2 N–H and O–H groups in total. The average Bonchev–Trinajstić information content (AvgIpc) is 3.12. The molecule has 0 unspecified atom stereocenters. The molecule has 1 aliphatic rings. The summed E-state index contributed by atoms with van der Waals surface area (Å²) in [5, 5.41) is 40.0. The lowest BCUT2D eigenvalue weighted by Crippen LogP contribution is -2.16. The van der Waals surface area contributed by atoms with Crippen LogP contribution in [0.2, 0.25) is 0 Å². The van der Waals surface area contributed by atoms with E-state index in [1.165, 1.54) is 20.3 Å². The molecule has 0 spiro atoms. The summed E-state index contributed by atoms with van der Waals surface area (Å²) >= 11 is 0. The van der Waals surface area contributed by atoms with Crippen LogP contribution < -0.4 is 24.4 Å². The number of hydrogen-bond acceptors (Lipinski definition) is 14. The van der Waals surface area contributed by atoms with E-state index in [1.54, 1.807) is 74.9 Å². The number of carbonyl (C=O) groups excluding carboxylic acids is 1. The molecule has 1 aliphatic carbocycles. The van der Waals surface area contributed by atoms with Crippen molar-refractivity contribution < 1.29 is 28.8 Å². The van der Waals surface area contributed by atoms with Gasteiger partial charge in [0.1, 0.15) is 57.2 Å². The molecule has 242 valence electrons. The zero-order chi connectivity index (χ0) is 33.9. The lowest BCUT2D eigenvalue weighted by Gasteiger charge is -2.11. The van der Waals surface area contributed by atoms with Gasteiger partial charge in [-0.1, -0.05) is 24.3 Å². The third-order valence-corrected chi connectivity index (χ3v) is 6.68. The van der Waals surface area contributed by atoms with Crippen LogP contribution in [-0.2, 0) is 4.79 Å². The maximum Gasteiger partial charge on any atom is 0.209 e. The first-order valence-electron chi connectivity index (χ1n) is 14.3. The molecular formula is C34H30N8O6. The minimum absolute atomic E-state index is 0.0104. The Labute approximate surface area is 275 Å². The molecule has 0 radical (unpaired) electrons. The average molecular weight is 647 g/mol. The summed E-state index contributed by atoms with van der Waals surface area (Å²) in [5.74, 6) is 1.03. The zero-order valence-corrected chi connectivity index (χ0v) is 26.4. The van der Waals surface area contributed by atoms with Crippen LogP contribution in [0.5, 0.6) is 23.0 Å². The molecule has 0 aromatic heterocycles. The largest absolute Gasteiger partial charge is 0.505 e. The fraction of sp³-hybridized carbons (Fsp3) is 0.118. The van der Waals surface area contributed by atoms with Gasteiger partial charge in [0.05, 0.1) is 45.5 Å². The third kappa shape index (κ3) is 7.92. The fourth-order valence-electron chi connectivity index (χ4n) is 4.24. The van der Waals surface area contributed by atoms with Gasteiger partial charge in [0.15, 0.2) is 0 Å². The van der Waals surface area contributed by atoms with E-state index in [0.29, 0.717) is 57.1 Å². The van der Waals surface area contributed by atoms with E-state index in [-0.39, 0.29) is 17.2 Å². The quantitative estimate of drug-likeness (QED) is 0.0877. The number of aliphatic hydroxyl groups is 1. The lowest BCUT2D eigenvalue weighted by atomic mass is 10.1. The second kappa shape index (κ2) is 15.5. The van der Waals surface area contributed by atoms with Gasteiger partial charge in [-0.2, -0.15) is 15.3 Å². The Morgan fingerprint density at radius 1 is 0.562 bits per heavy atom. The van der Waals surface area contributed by atoms with Gasteiger partial charge in [0.2, 0.25) is 5.78 Å². The molecule has 4 aromatic carbocycles.